The quantitative estimate of drug-likeness (QED) is 0.365. The molecule has 0 aromatic heterocycles. The highest BCUT2D eigenvalue weighted by Gasteiger charge is 2.71. The zero-order valence-electron chi connectivity index (χ0n) is 7.81. The molecule has 0 aromatic carbocycles. The number of hydrogen-bond donors (Lipinski definition) is 0. The summed E-state index contributed by atoms with van der Waals surface area (Å²) in [6.45, 7) is 4.93. The third kappa shape index (κ3) is 1.22. The minimum Gasteiger partial charge on any atom is -0.450 e. The van der Waals surface area contributed by atoms with E-state index in [-0.39, 0.29) is 12.6 Å². The molecule has 1 rings (SSSR count). The first kappa shape index (κ1) is 9.76. The molecule has 0 N–H and O–H groups in total. The predicted molar refractivity (Wildman–Crippen MR) is 43.7 cm³/mol. The van der Waals surface area contributed by atoms with E-state index in [2.05, 4.69) is 4.74 Å². The Hall–Kier alpha value is -1.33. The number of nitrogens with zero attached hydrogens (tertiary/aromatic N) is 2. The maximum Gasteiger partial charge on any atom is 0.415 e. The number of amides is 1. The van der Waals surface area contributed by atoms with Gasteiger partial charge in [0.2, 0.25) is 0 Å². The van der Waals surface area contributed by atoms with E-state index in [1.807, 2.05) is 0 Å². The second kappa shape index (κ2) is 2.86. The fourth-order valence-corrected chi connectivity index (χ4v) is 1.32. The van der Waals surface area contributed by atoms with Crippen molar-refractivity contribution in [2.75, 3.05) is 6.61 Å². The SMILES string of the molecule is CCOC(=O)N1[C@@H](C)[C@]1(C)[N+](=O)[O-]. The lowest BCUT2D eigenvalue weighted by atomic mass is 10.3. The minimum atomic E-state index is -1.27. The van der Waals surface area contributed by atoms with Crippen molar-refractivity contribution in [2.45, 2.75) is 32.5 Å². The summed E-state index contributed by atoms with van der Waals surface area (Å²) in [6, 6.07) is -0.387. The molecule has 1 aliphatic heterocycles. The van der Waals surface area contributed by atoms with Gasteiger partial charge in [0.25, 0.3) is 0 Å². The number of hydrogen-bond acceptors (Lipinski definition) is 4. The maximum atomic E-state index is 11.1. The van der Waals surface area contributed by atoms with E-state index >= 15 is 0 Å². The first-order valence-corrected chi connectivity index (χ1v) is 4.06. The zero-order chi connectivity index (χ0) is 10.2. The Balaban J connectivity index is 2.67. The van der Waals surface area contributed by atoms with Crippen LogP contribution in [0.2, 0.25) is 0 Å². The summed E-state index contributed by atoms with van der Waals surface area (Å²) < 4.78 is 4.66. The van der Waals surface area contributed by atoms with Gasteiger partial charge < -0.3 is 4.74 Å². The third-order valence-electron chi connectivity index (χ3n) is 2.43. The zero-order valence-corrected chi connectivity index (χ0v) is 7.81. The van der Waals surface area contributed by atoms with Crippen molar-refractivity contribution in [1.82, 2.24) is 4.90 Å². The molecule has 0 aromatic rings. The smallest absolute Gasteiger partial charge is 0.415 e. The van der Waals surface area contributed by atoms with Crippen LogP contribution in [0, 0.1) is 10.1 Å². The Morgan fingerprint density at radius 2 is 2.31 bits per heavy atom. The normalized spacial score (nSPS) is 31.3. The average Bonchev–Trinajstić information content (AvgIpc) is 2.57. The van der Waals surface area contributed by atoms with Crippen LogP contribution in [0.25, 0.3) is 0 Å². The van der Waals surface area contributed by atoms with Crippen molar-refractivity contribution >= 4 is 6.09 Å². The Morgan fingerprint density at radius 3 is 2.62 bits per heavy atom. The molecule has 1 aliphatic rings. The predicted octanol–water partition coefficient (Wildman–Crippen LogP) is 0.840. The Bertz CT molecular complexity index is 255. The number of carbonyl (C=O) groups is 1. The fourth-order valence-electron chi connectivity index (χ4n) is 1.32. The molecular weight excluding hydrogens is 176 g/mol. The molecule has 2 atom stereocenters. The second-order valence-corrected chi connectivity index (χ2v) is 3.10. The molecule has 13 heavy (non-hydrogen) atoms. The molecule has 0 bridgehead atoms. The molecule has 0 spiro atoms. The van der Waals surface area contributed by atoms with Crippen molar-refractivity contribution < 1.29 is 14.5 Å². The first-order chi connectivity index (χ1) is 5.96. The number of carbonyl (C=O) groups excluding carboxylic acids is 1. The van der Waals surface area contributed by atoms with E-state index in [1.54, 1.807) is 13.8 Å². The standard InChI is InChI=1S/C7H12N2O4/c1-4-13-6(10)8-5(2)7(8,3)9(11)12/h5H,4H2,1-3H3/t5-,7-,8?/m0/s1. The second-order valence-electron chi connectivity index (χ2n) is 3.10. The van der Waals surface area contributed by atoms with E-state index < -0.39 is 16.7 Å². The average molecular weight is 188 g/mol. The van der Waals surface area contributed by atoms with Gasteiger partial charge in [0, 0.05) is 6.92 Å². The molecule has 74 valence electrons. The molecule has 1 heterocycles. The van der Waals surface area contributed by atoms with Gasteiger partial charge in [-0.25, -0.2) is 9.69 Å². The number of ether oxygens (including phenoxy) is 1. The fraction of sp³-hybridized carbons (Fsp3) is 0.857. The highest BCUT2D eigenvalue weighted by atomic mass is 16.6. The molecule has 6 nitrogen and oxygen atoms in total. The van der Waals surface area contributed by atoms with Gasteiger partial charge in [-0.1, -0.05) is 0 Å². The van der Waals surface area contributed by atoms with Crippen LogP contribution in [-0.4, -0.2) is 34.2 Å². The lowest BCUT2D eigenvalue weighted by Gasteiger charge is -2.04. The first-order valence-electron chi connectivity index (χ1n) is 4.06. The van der Waals surface area contributed by atoms with Crippen LogP contribution in [0.4, 0.5) is 4.79 Å². The summed E-state index contributed by atoms with van der Waals surface area (Å²) >= 11 is 0. The summed E-state index contributed by atoms with van der Waals surface area (Å²) in [5, 5.41) is 10.6. The van der Waals surface area contributed by atoms with Gasteiger partial charge in [0.1, 0.15) is 6.04 Å². The monoisotopic (exact) mass is 188 g/mol. The highest BCUT2D eigenvalue weighted by Crippen LogP contribution is 2.41. The topological polar surface area (TPSA) is 72.5 Å². The Kier molecular flexibility index (Phi) is 2.15. The summed E-state index contributed by atoms with van der Waals surface area (Å²) in [6.07, 6.45) is -0.616. The van der Waals surface area contributed by atoms with Crippen molar-refractivity contribution in [3.05, 3.63) is 10.1 Å². The minimum absolute atomic E-state index is 0.232. The van der Waals surface area contributed by atoms with Gasteiger partial charge in [-0.05, 0) is 13.8 Å². The Morgan fingerprint density at radius 1 is 1.77 bits per heavy atom. The summed E-state index contributed by atoms with van der Waals surface area (Å²) in [4.78, 5) is 22.4. The van der Waals surface area contributed by atoms with Gasteiger partial charge in [-0.15, -0.1) is 0 Å². The summed E-state index contributed by atoms with van der Waals surface area (Å²) in [5.74, 6) is 0. The molecule has 1 saturated heterocycles. The van der Waals surface area contributed by atoms with Crippen molar-refractivity contribution in [2.24, 2.45) is 0 Å². The molecule has 6 heteroatoms. The van der Waals surface area contributed by atoms with Crippen LogP contribution in [0.3, 0.4) is 0 Å². The molecule has 0 saturated carbocycles. The van der Waals surface area contributed by atoms with Gasteiger partial charge in [-0.3, -0.25) is 10.1 Å². The van der Waals surface area contributed by atoms with Crippen molar-refractivity contribution in [3.8, 4) is 0 Å². The summed E-state index contributed by atoms with van der Waals surface area (Å²) in [7, 11) is 0. The molecule has 0 aliphatic carbocycles. The van der Waals surface area contributed by atoms with Crippen molar-refractivity contribution in [3.63, 3.8) is 0 Å². The number of nitro groups is 1. The van der Waals surface area contributed by atoms with Crippen LogP contribution in [0.1, 0.15) is 20.8 Å². The van der Waals surface area contributed by atoms with Gasteiger partial charge in [0.05, 0.1) is 11.5 Å². The van der Waals surface area contributed by atoms with Crippen LogP contribution < -0.4 is 0 Å². The van der Waals surface area contributed by atoms with Gasteiger partial charge in [0.15, 0.2) is 0 Å². The van der Waals surface area contributed by atoms with Crippen molar-refractivity contribution in [1.29, 1.82) is 0 Å². The Labute approximate surface area is 75.6 Å². The lowest BCUT2D eigenvalue weighted by molar-refractivity contribution is -0.545. The number of rotatable bonds is 2. The lowest BCUT2D eigenvalue weighted by Crippen LogP contribution is -2.28. The molecule has 0 radical (unpaired) electrons. The van der Waals surface area contributed by atoms with Crippen LogP contribution in [0.15, 0.2) is 0 Å². The van der Waals surface area contributed by atoms with Crippen LogP contribution in [-0.2, 0) is 4.74 Å². The molecular formula is C7H12N2O4. The van der Waals surface area contributed by atoms with Gasteiger partial charge in [-0.2, -0.15) is 0 Å². The highest BCUT2D eigenvalue weighted by molar-refractivity contribution is 5.72. The maximum absolute atomic E-state index is 11.1. The molecule has 0 unspecified atom stereocenters. The van der Waals surface area contributed by atoms with E-state index in [4.69, 9.17) is 0 Å². The van der Waals surface area contributed by atoms with E-state index in [0.717, 1.165) is 4.90 Å². The van der Waals surface area contributed by atoms with Crippen LogP contribution >= 0.6 is 0 Å². The van der Waals surface area contributed by atoms with E-state index in [9.17, 15) is 14.9 Å². The summed E-state index contributed by atoms with van der Waals surface area (Å²) in [5.41, 5.74) is -1.27. The van der Waals surface area contributed by atoms with E-state index in [0.29, 0.717) is 0 Å². The molecule has 1 fully saturated rings. The molecule has 1 amide bonds. The largest absolute Gasteiger partial charge is 0.450 e. The third-order valence-corrected chi connectivity index (χ3v) is 2.43. The van der Waals surface area contributed by atoms with E-state index in [1.165, 1.54) is 6.92 Å². The van der Waals surface area contributed by atoms with Gasteiger partial charge >= 0.3 is 11.8 Å². The van der Waals surface area contributed by atoms with Crippen LogP contribution in [0.5, 0.6) is 0 Å².